The highest BCUT2D eigenvalue weighted by atomic mass is 15.0. The molecule has 9 rings (SSSR count). The Kier molecular flexibility index (Phi) is 6.92. The number of nitrogens with zero attached hydrogens (tertiary/aromatic N) is 5. The van der Waals surface area contributed by atoms with Crippen LogP contribution in [0.25, 0.3) is 72.4 Å². The minimum absolute atomic E-state index is 0.345. The maximum Gasteiger partial charge on any atom is 0.101 e. The molecule has 238 valence electrons. The van der Waals surface area contributed by atoms with E-state index in [9.17, 15) is 15.8 Å². The van der Waals surface area contributed by atoms with Crippen LogP contribution in [0.2, 0.25) is 0 Å². The third-order valence-corrected chi connectivity index (χ3v) is 10.2. The van der Waals surface area contributed by atoms with E-state index < -0.39 is 0 Å². The van der Waals surface area contributed by atoms with E-state index in [0.717, 1.165) is 67.4 Å². The largest absolute Gasteiger partial charge is 0.313 e. The maximum absolute atomic E-state index is 10.5. The first kappa shape index (κ1) is 30.0. The van der Waals surface area contributed by atoms with E-state index in [0.29, 0.717) is 22.6 Å². The van der Waals surface area contributed by atoms with Crippen LogP contribution in [-0.2, 0) is 0 Å². The molecule has 1 aliphatic rings. The molecule has 1 aliphatic carbocycles. The number of aromatic nitrogens is 2. The van der Waals surface area contributed by atoms with E-state index in [1.165, 1.54) is 16.6 Å². The number of nitriles is 3. The van der Waals surface area contributed by atoms with Crippen molar-refractivity contribution in [2.75, 3.05) is 0 Å². The zero-order chi connectivity index (χ0) is 34.6. The van der Waals surface area contributed by atoms with Crippen LogP contribution < -0.4 is 0 Å². The molecule has 1 unspecified atom stereocenters. The van der Waals surface area contributed by atoms with E-state index in [2.05, 4.69) is 113 Å². The van der Waals surface area contributed by atoms with Crippen molar-refractivity contribution in [3.8, 4) is 51.8 Å². The Morgan fingerprint density at radius 3 is 2.06 bits per heavy atom. The molecule has 5 nitrogen and oxygen atoms in total. The predicted octanol–water partition coefficient (Wildman–Crippen LogP) is 11.2. The highest BCUT2D eigenvalue weighted by Crippen LogP contribution is 2.42. The lowest BCUT2D eigenvalue weighted by atomic mass is 9.92. The standard InChI is InChI=1S/C46H29N5/c1-29-9-6-16-39-37-13-2-4-17-42(37)50(45(29)39)35-21-20-33(27-48)40(25-35)32-11-7-10-31(24-32)36-15-8-12-34(28-49)46(36)51-43-18-5-3-14-38(43)41-23-30(26-47)19-22-44(41)51/h2-8,10-25,29H,9H2,1H3. The fourth-order valence-corrected chi connectivity index (χ4v) is 7.98. The molecule has 0 bridgehead atoms. The van der Waals surface area contributed by atoms with Crippen molar-refractivity contribution in [3.05, 3.63) is 161 Å². The van der Waals surface area contributed by atoms with Gasteiger partial charge in [0.15, 0.2) is 0 Å². The number of fused-ring (bicyclic) bond motifs is 6. The first-order valence-corrected chi connectivity index (χ1v) is 17.0. The Hall–Kier alpha value is -7.13. The molecule has 0 saturated heterocycles. The number of rotatable bonds is 4. The minimum Gasteiger partial charge on any atom is -0.313 e. The molecule has 0 fully saturated rings. The summed E-state index contributed by atoms with van der Waals surface area (Å²) in [4.78, 5) is 0. The summed E-state index contributed by atoms with van der Waals surface area (Å²) in [5.41, 5.74) is 12.7. The van der Waals surface area contributed by atoms with E-state index in [1.54, 1.807) is 0 Å². The molecule has 0 N–H and O–H groups in total. The van der Waals surface area contributed by atoms with Gasteiger partial charge in [-0.1, -0.05) is 85.8 Å². The van der Waals surface area contributed by atoms with Crippen LogP contribution in [0.15, 0.2) is 133 Å². The van der Waals surface area contributed by atoms with Crippen molar-refractivity contribution in [2.45, 2.75) is 19.3 Å². The maximum atomic E-state index is 10.5. The van der Waals surface area contributed by atoms with Gasteiger partial charge in [0.1, 0.15) is 6.07 Å². The van der Waals surface area contributed by atoms with Crippen molar-refractivity contribution in [2.24, 2.45) is 0 Å². The summed E-state index contributed by atoms with van der Waals surface area (Å²) in [6.45, 7) is 2.28. The van der Waals surface area contributed by atoms with E-state index in [4.69, 9.17) is 0 Å². The molecule has 0 aliphatic heterocycles. The summed E-state index contributed by atoms with van der Waals surface area (Å²) in [5.74, 6) is 0.345. The molecule has 0 saturated carbocycles. The number of para-hydroxylation sites is 3. The first-order valence-electron chi connectivity index (χ1n) is 17.0. The van der Waals surface area contributed by atoms with Crippen LogP contribution in [0.4, 0.5) is 0 Å². The van der Waals surface area contributed by atoms with Gasteiger partial charge in [-0.3, -0.25) is 0 Å². The van der Waals surface area contributed by atoms with Crippen molar-refractivity contribution >= 4 is 38.8 Å². The molecule has 5 heteroatoms. The van der Waals surface area contributed by atoms with Crippen molar-refractivity contribution in [1.82, 2.24) is 9.13 Å². The number of hydrogen-bond donors (Lipinski definition) is 0. The highest BCUT2D eigenvalue weighted by Gasteiger charge is 2.24. The van der Waals surface area contributed by atoms with Crippen molar-refractivity contribution < 1.29 is 0 Å². The fourth-order valence-electron chi connectivity index (χ4n) is 7.98. The Morgan fingerprint density at radius 2 is 1.27 bits per heavy atom. The molecule has 51 heavy (non-hydrogen) atoms. The third-order valence-electron chi connectivity index (χ3n) is 10.2. The zero-order valence-corrected chi connectivity index (χ0v) is 27.8. The highest BCUT2D eigenvalue weighted by molar-refractivity contribution is 6.10. The first-order chi connectivity index (χ1) is 25.1. The monoisotopic (exact) mass is 651 g/mol. The number of allylic oxidation sites excluding steroid dienone is 1. The van der Waals surface area contributed by atoms with Gasteiger partial charge in [-0.2, -0.15) is 15.8 Å². The van der Waals surface area contributed by atoms with E-state index in [-0.39, 0.29) is 0 Å². The lowest BCUT2D eigenvalue weighted by molar-refractivity contribution is 0.723. The lowest BCUT2D eigenvalue weighted by Gasteiger charge is -2.20. The van der Waals surface area contributed by atoms with Crippen LogP contribution in [0.3, 0.4) is 0 Å². The summed E-state index contributed by atoms with van der Waals surface area (Å²) in [7, 11) is 0. The quantitative estimate of drug-likeness (QED) is 0.190. The second-order valence-electron chi connectivity index (χ2n) is 13.1. The molecule has 2 aromatic heterocycles. The predicted molar refractivity (Wildman–Crippen MR) is 205 cm³/mol. The van der Waals surface area contributed by atoms with Crippen LogP contribution in [0.1, 0.15) is 47.2 Å². The average molecular weight is 652 g/mol. The Bertz CT molecular complexity index is 2900. The van der Waals surface area contributed by atoms with Crippen molar-refractivity contribution in [3.63, 3.8) is 0 Å². The fraction of sp³-hybridized carbons (Fsp3) is 0.0652. The molecule has 0 spiro atoms. The van der Waals surface area contributed by atoms with Gasteiger partial charge < -0.3 is 9.13 Å². The average Bonchev–Trinajstić information content (AvgIpc) is 3.70. The van der Waals surface area contributed by atoms with Crippen molar-refractivity contribution in [1.29, 1.82) is 15.8 Å². The topological polar surface area (TPSA) is 81.2 Å². The Labute approximate surface area is 295 Å². The molecule has 1 atom stereocenters. The van der Waals surface area contributed by atoms with Gasteiger partial charge in [0.05, 0.1) is 51.1 Å². The van der Waals surface area contributed by atoms with Crippen LogP contribution in [-0.4, -0.2) is 9.13 Å². The molecule has 0 amide bonds. The van der Waals surface area contributed by atoms with E-state index in [1.807, 2.05) is 60.7 Å². The zero-order valence-electron chi connectivity index (χ0n) is 27.8. The lowest BCUT2D eigenvalue weighted by Crippen LogP contribution is -2.07. The molecule has 6 aromatic carbocycles. The summed E-state index contributed by atoms with van der Waals surface area (Å²) < 4.78 is 4.51. The van der Waals surface area contributed by atoms with E-state index >= 15 is 0 Å². The van der Waals surface area contributed by atoms with Gasteiger partial charge in [0.25, 0.3) is 0 Å². The smallest absolute Gasteiger partial charge is 0.101 e. The Morgan fingerprint density at radius 1 is 0.569 bits per heavy atom. The van der Waals surface area contributed by atoms with Gasteiger partial charge in [-0.05, 0) is 78.2 Å². The van der Waals surface area contributed by atoms with Gasteiger partial charge in [-0.15, -0.1) is 0 Å². The van der Waals surface area contributed by atoms with Crippen LogP contribution in [0.5, 0.6) is 0 Å². The molecule has 2 heterocycles. The molecule has 0 radical (unpaired) electrons. The summed E-state index contributed by atoms with van der Waals surface area (Å²) in [5, 5.41) is 33.7. The Balaban J connectivity index is 1.26. The minimum atomic E-state index is 0.345. The van der Waals surface area contributed by atoms with Gasteiger partial charge in [-0.25, -0.2) is 0 Å². The molecule has 8 aromatic rings. The third kappa shape index (κ3) is 4.59. The summed E-state index contributed by atoms with van der Waals surface area (Å²) >= 11 is 0. The SMILES string of the molecule is CC1CC=Cc2c1n(-c1ccc(C#N)c(-c3cccc(-c4cccc(C#N)c4-n4c5ccccc5c5cc(C#N)ccc54)c3)c1)c1ccccc21. The normalized spacial score (nSPS) is 13.6. The van der Waals surface area contributed by atoms with Gasteiger partial charge in [0, 0.05) is 50.1 Å². The van der Waals surface area contributed by atoms with Crippen LogP contribution >= 0.6 is 0 Å². The molecular formula is C46H29N5. The number of benzene rings is 6. The van der Waals surface area contributed by atoms with Gasteiger partial charge >= 0.3 is 0 Å². The second kappa shape index (κ2) is 11.8. The number of hydrogen-bond acceptors (Lipinski definition) is 3. The second-order valence-corrected chi connectivity index (χ2v) is 13.1. The summed E-state index contributed by atoms with van der Waals surface area (Å²) in [6, 6.07) is 49.7. The van der Waals surface area contributed by atoms with Gasteiger partial charge in [0.2, 0.25) is 0 Å². The van der Waals surface area contributed by atoms with Crippen LogP contribution in [0, 0.1) is 34.0 Å². The molecular weight excluding hydrogens is 623 g/mol. The summed E-state index contributed by atoms with van der Waals surface area (Å²) in [6.07, 6.45) is 5.48.